The quantitative estimate of drug-likeness (QED) is 0.902. The third-order valence-electron chi connectivity index (χ3n) is 3.86. The molecule has 0 saturated carbocycles. The number of hydrogen-bond donors (Lipinski definition) is 2. The third kappa shape index (κ3) is 2.92. The van der Waals surface area contributed by atoms with Crippen LogP contribution in [0.25, 0.3) is 0 Å². The predicted octanol–water partition coefficient (Wildman–Crippen LogP) is 3.59. The highest BCUT2D eigenvalue weighted by molar-refractivity contribution is 7.10. The highest BCUT2D eigenvalue weighted by Crippen LogP contribution is 2.33. The summed E-state index contributed by atoms with van der Waals surface area (Å²) in [6.45, 7) is 0.492. The average molecular weight is 291 g/mol. The standard InChI is InChI=1S/C16H18FNOS/c17-12-6-4-11(5-7-12)15(19)10-18-14-2-1-3-16-13(14)8-9-20-16/h4-9,14-15,18-19H,1-3,10H2. The van der Waals surface area contributed by atoms with E-state index in [0.717, 1.165) is 12.0 Å². The van der Waals surface area contributed by atoms with Gasteiger partial charge in [-0.2, -0.15) is 0 Å². The van der Waals surface area contributed by atoms with Crippen LogP contribution in [0, 0.1) is 5.82 Å². The average Bonchev–Trinajstić information content (AvgIpc) is 2.94. The van der Waals surface area contributed by atoms with Crippen LogP contribution in [0.5, 0.6) is 0 Å². The number of aryl methyl sites for hydroxylation is 1. The fraction of sp³-hybridized carbons (Fsp3) is 0.375. The van der Waals surface area contributed by atoms with Crippen LogP contribution in [-0.2, 0) is 6.42 Å². The van der Waals surface area contributed by atoms with E-state index >= 15 is 0 Å². The van der Waals surface area contributed by atoms with Crippen molar-refractivity contribution in [3.8, 4) is 0 Å². The largest absolute Gasteiger partial charge is 0.387 e. The molecule has 1 aliphatic carbocycles. The zero-order valence-corrected chi connectivity index (χ0v) is 12.0. The van der Waals surface area contributed by atoms with Crippen LogP contribution in [0.2, 0.25) is 0 Å². The molecule has 0 spiro atoms. The second-order valence-corrected chi connectivity index (χ2v) is 6.22. The van der Waals surface area contributed by atoms with Crippen molar-refractivity contribution in [2.24, 2.45) is 0 Å². The van der Waals surface area contributed by atoms with Gasteiger partial charge < -0.3 is 10.4 Å². The summed E-state index contributed by atoms with van der Waals surface area (Å²) < 4.78 is 12.9. The summed E-state index contributed by atoms with van der Waals surface area (Å²) in [6, 6.07) is 8.56. The van der Waals surface area contributed by atoms with Crippen LogP contribution >= 0.6 is 11.3 Å². The molecular formula is C16H18FNOS. The van der Waals surface area contributed by atoms with Gasteiger partial charge in [0, 0.05) is 17.5 Å². The Morgan fingerprint density at radius 2 is 2.10 bits per heavy atom. The highest BCUT2D eigenvalue weighted by atomic mass is 32.1. The zero-order valence-electron chi connectivity index (χ0n) is 11.2. The van der Waals surface area contributed by atoms with Crippen molar-refractivity contribution in [1.82, 2.24) is 5.32 Å². The summed E-state index contributed by atoms with van der Waals surface area (Å²) in [5, 5.41) is 15.7. The number of fused-ring (bicyclic) bond motifs is 1. The van der Waals surface area contributed by atoms with Crippen LogP contribution in [0.1, 0.15) is 41.0 Å². The van der Waals surface area contributed by atoms with Gasteiger partial charge in [-0.3, -0.25) is 0 Å². The van der Waals surface area contributed by atoms with E-state index in [1.165, 1.54) is 35.4 Å². The summed E-state index contributed by atoms with van der Waals surface area (Å²) >= 11 is 1.82. The molecule has 106 valence electrons. The van der Waals surface area contributed by atoms with Crippen molar-refractivity contribution >= 4 is 11.3 Å². The van der Waals surface area contributed by atoms with Crippen LogP contribution < -0.4 is 5.32 Å². The van der Waals surface area contributed by atoms with Gasteiger partial charge in [0.05, 0.1) is 6.10 Å². The summed E-state index contributed by atoms with van der Waals surface area (Å²) in [5.74, 6) is -0.274. The minimum Gasteiger partial charge on any atom is -0.387 e. The van der Waals surface area contributed by atoms with Crippen molar-refractivity contribution in [2.75, 3.05) is 6.54 Å². The van der Waals surface area contributed by atoms with E-state index in [1.807, 2.05) is 11.3 Å². The number of nitrogens with one attached hydrogen (secondary N) is 1. The molecule has 2 aromatic rings. The van der Waals surface area contributed by atoms with E-state index in [1.54, 1.807) is 12.1 Å². The number of thiophene rings is 1. The summed E-state index contributed by atoms with van der Waals surface area (Å²) in [6.07, 6.45) is 2.88. The van der Waals surface area contributed by atoms with Crippen LogP contribution in [0.4, 0.5) is 4.39 Å². The van der Waals surface area contributed by atoms with Gasteiger partial charge >= 0.3 is 0 Å². The smallest absolute Gasteiger partial charge is 0.123 e. The van der Waals surface area contributed by atoms with Gasteiger partial charge in [0.2, 0.25) is 0 Å². The predicted molar refractivity (Wildman–Crippen MR) is 79.4 cm³/mol. The fourth-order valence-corrected chi connectivity index (χ4v) is 3.74. The summed E-state index contributed by atoms with van der Waals surface area (Å²) in [7, 11) is 0. The van der Waals surface area contributed by atoms with Gasteiger partial charge in [0.15, 0.2) is 0 Å². The Labute approximate surface area is 122 Å². The maximum absolute atomic E-state index is 12.9. The second kappa shape index (κ2) is 6.04. The zero-order chi connectivity index (χ0) is 13.9. The first-order valence-corrected chi connectivity index (χ1v) is 7.85. The summed E-state index contributed by atoms with van der Waals surface area (Å²) in [5.41, 5.74) is 2.13. The molecule has 1 aromatic carbocycles. The van der Waals surface area contributed by atoms with Crippen molar-refractivity contribution in [2.45, 2.75) is 31.4 Å². The molecule has 2 nitrogen and oxygen atoms in total. The molecule has 0 aliphatic heterocycles. The monoisotopic (exact) mass is 291 g/mol. The van der Waals surface area contributed by atoms with Gasteiger partial charge in [-0.05, 0) is 54.0 Å². The lowest BCUT2D eigenvalue weighted by Gasteiger charge is -2.25. The van der Waals surface area contributed by atoms with Gasteiger partial charge in [-0.1, -0.05) is 12.1 Å². The van der Waals surface area contributed by atoms with Crippen LogP contribution in [0.15, 0.2) is 35.7 Å². The topological polar surface area (TPSA) is 32.3 Å². The van der Waals surface area contributed by atoms with E-state index < -0.39 is 6.10 Å². The van der Waals surface area contributed by atoms with Gasteiger partial charge in [-0.25, -0.2) is 4.39 Å². The van der Waals surface area contributed by atoms with Crippen LogP contribution in [-0.4, -0.2) is 11.7 Å². The van der Waals surface area contributed by atoms with Gasteiger partial charge in [0.25, 0.3) is 0 Å². The fourth-order valence-electron chi connectivity index (χ4n) is 2.76. The minimum atomic E-state index is -0.598. The van der Waals surface area contributed by atoms with E-state index in [0.29, 0.717) is 12.6 Å². The molecule has 20 heavy (non-hydrogen) atoms. The molecular weight excluding hydrogens is 273 g/mol. The Bertz CT molecular complexity index is 566. The van der Waals surface area contributed by atoms with Crippen molar-refractivity contribution in [1.29, 1.82) is 0 Å². The lowest BCUT2D eigenvalue weighted by atomic mass is 9.94. The summed E-state index contributed by atoms with van der Waals surface area (Å²) in [4.78, 5) is 1.46. The molecule has 1 heterocycles. The number of halogens is 1. The van der Waals surface area contributed by atoms with Crippen molar-refractivity contribution in [3.63, 3.8) is 0 Å². The first kappa shape index (κ1) is 13.7. The molecule has 1 aromatic heterocycles. The molecule has 2 N–H and O–H groups in total. The van der Waals surface area contributed by atoms with E-state index in [2.05, 4.69) is 16.8 Å². The maximum Gasteiger partial charge on any atom is 0.123 e. The SMILES string of the molecule is OC(CNC1CCCc2sccc21)c1ccc(F)cc1. The lowest BCUT2D eigenvalue weighted by molar-refractivity contribution is 0.168. The Morgan fingerprint density at radius 1 is 1.30 bits per heavy atom. The third-order valence-corrected chi connectivity index (χ3v) is 4.86. The van der Waals surface area contributed by atoms with E-state index in [4.69, 9.17) is 0 Å². The number of benzene rings is 1. The molecule has 0 bridgehead atoms. The molecule has 0 saturated heterocycles. The molecule has 4 heteroatoms. The molecule has 3 rings (SSSR count). The maximum atomic E-state index is 12.9. The molecule has 2 atom stereocenters. The van der Waals surface area contributed by atoms with E-state index in [-0.39, 0.29) is 5.82 Å². The van der Waals surface area contributed by atoms with E-state index in [9.17, 15) is 9.50 Å². The Balaban J connectivity index is 1.62. The highest BCUT2D eigenvalue weighted by Gasteiger charge is 2.21. The number of rotatable bonds is 4. The first-order valence-electron chi connectivity index (χ1n) is 6.97. The Hall–Kier alpha value is -1.23. The molecule has 0 radical (unpaired) electrons. The molecule has 0 amide bonds. The number of aliphatic hydroxyl groups excluding tert-OH is 1. The minimum absolute atomic E-state index is 0.274. The molecule has 1 aliphatic rings. The molecule has 0 fully saturated rings. The Kier molecular flexibility index (Phi) is 4.15. The van der Waals surface area contributed by atoms with Crippen molar-refractivity contribution in [3.05, 3.63) is 57.5 Å². The number of hydrogen-bond acceptors (Lipinski definition) is 3. The van der Waals surface area contributed by atoms with Gasteiger partial charge in [-0.15, -0.1) is 11.3 Å². The first-order chi connectivity index (χ1) is 9.74. The second-order valence-electron chi connectivity index (χ2n) is 5.22. The van der Waals surface area contributed by atoms with Gasteiger partial charge in [0.1, 0.15) is 5.82 Å². The molecule has 2 unspecified atom stereocenters. The number of aliphatic hydroxyl groups is 1. The van der Waals surface area contributed by atoms with Crippen molar-refractivity contribution < 1.29 is 9.50 Å². The normalized spacial score (nSPS) is 19.6. The Morgan fingerprint density at radius 3 is 2.90 bits per heavy atom. The van der Waals surface area contributed by atoms with Crippen LogP contribution in [0.3, 0.4) is 0 Å². The lowest BCUT2D eigenvalue weighted by Crippen LogP contribution is -2.28.